The lowest BCUT2D eigenvalue weighted by Crippen LogP contribution is -2.60. The number of hydrogen-bond acceptors (Lipinski definition) is 6. The number of carbonyl (C=O) groups excluding carboxylic acids is 2. The number of Topliss-reactive ketones (excluding diaryl/α,β-unsaturated/α-hetero) is 2. The molecule has 0 saturated carbocycles. The summed E-state index contributed by atoms with van der Waals surface area (Å²) in [5, 5.41) is 0. The van der Waals surface area contributed by atoms with Gasteiger partial charge >= 0.3 is 0 Å². The van der Waals surface area contributed by atoms with E-state index >= 15 is 0 Å². The fraction of sp³-hybridized carbons (Fsp3) is 0.286. The lowest BCUT2D eigenvalue weighted by molar-refractivity contribution is 0.0278. The Morgan fingerprint density at radius 3 is 1.91 bits per heavy atom. The minimum absolute atomic E-state index is 0.142. The molecule has 1 heterocycles. The molecule has 2 aliphatic rings. The summed E-state index contributed by atoms with van der Waals surface area (Å²) in [6.07, 6.45) is 0. The zero-order chi connectivity index (χ0) is 23.7. The fourth-order valence-corrected chi connectivity index (χ4v) is 5.25. The first-order valence-corrected chi connectivity index (χ1v) is 11.5. The van der Waals surface area contributed by atoms with Crippen LogP contribution in [0.5, 0.6) is 11.5 Å². The van der Waals surface area contributed by atoms with Crippen LogP contribution in [-0.2, 0) is 12.1 Å². The van der Waals surface area contributed by atoms with Crippen LogP contribution in [0.2, 0.25) is 0 Å². The molecule has 0 atom stereocenters. The monoisotopic (exact) mass is 456 g/mol. The number of hydrogen-bond donors (Lipinski definition) is 0. The van der Waals surface area contributed by atoms with Crippen molar-refractivity contribution in [1.29, 1.82) is 0 Å². The molecule has 0 spiro atoms. The predicted octanol–water partition coefficient (Wildman–Crippen LogP) is 3.80. The van der Waals surface area contributed by atoms with Crippen molar-refractivity contribution >= 4 is 11.6 Å². The molecule has 174 valence electrons. The van der Waals surface area contributed by atoms with Crippen molar-refractivity contribution in [3.8, 4) is 11.5 Å². The van der Waals surface area contributed by atoms with Crippen molar-refractivity contribution in [2.24, 2.45) is 0 Å². The number of fused-ring (bicyclic) bond motifs is 1. The maximum atomic E-state index is 13.9. The van der Waals surface area contributed by atoms with Gasteiger partial charge in [-0.05, 0) is 23.8 Å². The van der Waals surface area contributed by atoms with Crippen LogP contribution in [0.4, 0.5) is 0 Å². The first-order valence-electron chi connectivity index (χ1n) is 11.5. The van der Waals surface area contributed by atoms with Crippen LogP contribution in [0, 0.1) is 0 Å². The normalized spacial score (nSPS) is 18.1. The highest BCUT2D eigenvalue weighted by molar-refractivity contribution is 6.32. The summed E-state index contributed by atoms with van der Waals surface area (Å²) >= 11 is 0. The first kappa shape index (κ1) is 22.3. The molecule has 1 fully saturated rings. The van der Waals surface area contributed by atoms with E-state index in [0.717, 1.165) is 30.9 Å². The van der Waals surface area contributed by atoms with Crippen molar-refractivity contribution < 1.29 is 19.1 Å². The van der Waals surface area contributed by atoms with Crippen molar-refractivity contribution in [1.82, 2.24) is 9.80 Å². The van der Waals surface area contributed by atoms with Gasteiger partial charge in [-0.25, -0.2) is 0 Å². The molecule has 6 nitrogen and oxygen atoms in total. The van der Waals surface area contributed by atoms with Gasteiger partial charge in [-0.2, -0.15) is 0 Å². The minimum atomic E-state index is -1.34. The third kappa shape index (κ3) is 3.50. The Morgan fingerprint density at radius 1 is 0.735 bits per heavy atom. The molecule has 1 aliphatic carbocycles. The number of carbonyl (C=O) groups is 2. The number of methoxy groups -OCH3 is 2. The average Bonchev–Trinajstić information content (AvgIpc) is 3.12. The maximum absolute atomic E-state index is 13.9. The number of ketones is 2. The zero-order valence-electron chi connectivity index (χ0n) is 19.5. The van der Waals surface area contributed by atoms with E-state index in [1.54, 1.807) is 26.4 Å². The van der Waals surface area contributed by atoms with Crippen LogP contribution >= 0.6 is 0 Å². The van der Waals surface area contributed by atoms with E-state index in [9.17, 15) is 9.59 Å². The molecule has 0 radical (unpaired) electrons. The molecule has 0 N–H and O–H groups in total. The van der Waals surface area contributed by atoms with Crippen LogP contribution in [0.15, 0.2) is 72.8 Å². The number of rotatable bonds is 6. The largest absolute Gasteiger partial charge is 0.497 e. The molecule has 0 aromatic heterocycles. The molecular formula is C28H28N2O4. The van der Waals surface area contributed by atoms with Gasteiger partial charge in [0.25, 0.3) is 0 Å². The Hall–Kier alpha value is -3.48. The van der Waals surface area contributed by atoms with Gasteiger partial charge in [0, 0.05) is 49.4 Å². The van der Waals surface area contributed by atoms with E-state index < -0.39 is 5.54 Å². The molecule has 1 aliphatic heterocycles. The van der Waals surface area contributed by atoms with Gasteiger partial charge in [0.2, 0.25) is 0 Å². The van der Waals surface area contributed by atoms with Crippen LogP contribution in [0.1, 0.15) is 31.8 Å². The van der Waals surface area contributed by atoms with Crippen LogP contribution < -0.4 is 9.47 Å². The SMILES string of the molecule is COc1ccc(C2(N3CCN(Cc4ccccc4OC)CC3)C(=O)c3ccccc3C2=O)cc1. The summed E-state index contributed by atoms with van der Waals surface area (Å²) in [6, 6.07) is 22.5. The van der Waals surface area contributed by atoms with E-state index in [2.05, 4.69) is 15.9 Å². The summed E-state index contributed by atoms with van der Waals surface area (Å²) in [7, 11) is 3.29. The van der Waals surface area contributed by atoms with Gasteiger partial charge in [0.05, 0.1) is 14.2 Å². The van der Waals surface area contributed by atoms with Crippen molar-refractivity contribution in [2.45, 2.75) is 12.1 Å². The van der Waals surface area contributed by atoms with Gasteiger partial charge in [-0.15, -0.1) is 0 Å². The smallest absolute Gasteiger partial charge is 0.196 e. The highest BCUT2D eigenvalue weighted by Crippen LogP contribution is 2.43. The van der Waals surface area contributed by atoms with Crippen LogP contribution in [0.3, 0.4) is 0 Å². The van der Waals surface area contributed by atoms with E-state index in [-0.39, 0.29) is 11.6 Å². The third-order valence-electron chi connectivity index (χ3n) is 7.01. The van der Waals surface area contributed by atoms with Crippen molar-refractivity contribution in [3.63, 3.8) is 0 Å². The Labute approximate surface area is 199 Å². The second-order valence-corrected chi connectivity index (χ2v) is 8.72. The topological polar surface area (TPSA) is 59.1 Å². The quantitative estimate of drug-likeness (QED) is 0.526. The number of piperazine rings is 1. The summed E-state index contributed by atoms with van der Waals surface area (Å²) < 4.78 is 10.8. The number of nitrogens with zero attached hydrogens (tertiary/aromatic N) is 2. The molecule has 34 heavy (non-hydrogen) atoms. The van der Waals surface area contributed by atoms with E-state index in [4.69, 9.17) is 9.47 Å². The standard InChI is InChI=1S/C28H28N2O4/c1-33-22-13-11-21(12-14-22)28(26(31)23-8-4-5-9-24(23)27(28)32)30-17-15-29(16-18-30)19-20-7-3-6-10-25(20)34-2/h3-14H,15-19H2,1-2H3. The summed E-state index contributed by atoms with van der Waals surface area (Å²) in [5.74, 6) is 1.28. The Bertz CT molecular complexity index is 1180. The maximum Gasteiger partial charge on any atom is 0.196 e. The first-order chi connectivity index (χ1) is 16.6. The molecular weight excluding hydrogens is 428 g/mol. The van der Waals surface area contributed by atoms with Gasteiger partial charge in [-0.3, -0.25) is 19.4 Å². The number of para-hydroxylation sites is 1. The Balaban J connectivity index is 1.46. The van der Waals surface area contributed by atoms with Crippen molar-refractivity contribution in [3.05, 3.63) is 95.1 Å². The molecule has 1 saturated heterocycles. The summed E-state index contributed by atoms with van der Waals surface area (Å²) in [6.45, 7) is 3.45. The highest BCUT2D eigenvalue weighted by Gasteiger charge is 2.58. The van der Waals surface area contributed by atoms with Crippen LogP contribution in [-0.4, -0.2) is 61.8 Å². The summed E-state index contributed by atoms with van der Waals surface area (Å²) in [4.78, 5) is 32.2. The predicted molar refractivity (Wildman–Crippen MR) is 130 cm³/mol. The zero-order valence-corrected chi connectivity index (χ0v) is 19.5. The van der Waals surface area contributed by atoms with Crippen LogP contribution in [0.25, 0.3) is 0 Å². The highest BCUT2D eigenvalue weighted by atomic mass is 16.5. The van der Waals surface area contributed by atoms with Gasteiger partial charge in [0.1, 0.15) is 11.5 Å². The molecule has 0 unspecified atom stereocenters. The van der Waals surface area contributed by atoms with E-state index in [1.807, 2.05) is 54.6 Å². The van der Waals surface area contributed by atoms with Crippen molar-refractivity contribution in [2.75, 3.05) is 40.4 Å². The Morgan fingerprint density at radius 2 is 1.32 bits per heavy atom. The molecule has 5 rings (SSSR count). The van der Waals surface area contributed by atoms with Gasteiger partial charge in [0.15, 0.2) is 17.1 Å². The molecule has 0 amide bonds. The second-order valence-electron chi connectivity index (χ2n) is 8.72. The van der Waals surface area contributed by atoms with Gasteiger partial charge < -0.3 is 9.47 Å². The summed E-state index contributed by atoms with van der Waals surface area (Å²) in [5.41, 5.74) is 1.48. The molecule has 0 bridgehead atoms. The fourth-order valence-electron chi connectivity index (χ4n) is 5.25. The molecule has 6 heteroatoms. The Kier molecular flexibility index (Phi) is 5.94. The van der Waals surface area contributed by atoms with E-state index in [1.165, 1.54) is 0 Å². The van der Waals surface area contributed by atoms with Gasteiger partial charge in [-0.1, -0.05) is 54.6 Å². The van der Waals surface area contributed by atoms with E-state index in [0.29, 0.717) is 35.5 Å². The number of ether oxygens (including phenoxy) is 2. The molecule has 3 aromatic rings. The average molecular weight is 457 g/mol. The molecule has 3 aromatic carbocycles. The number of benzene rings is 3. The lowest BCUT2D eigenvalue weighted by atomic mass is 9.82. The minimum Gasteiger partial charge on any atom is -0.497 e. The third-order valence-corrected chi connectivity index (χ3v) is 7.01. The second kappa shape index (κ2) is 9.05. The lowest BCUT2D eigenvalue weighted by Gasteiger charge is -2.44.